The van der Waals surface area contributed by atoms with E-state index in [4.69, 9.17) is 4.42 Å². The van der Waals surface area contributed by atoms with Crippen molar-refractivity contribution in [2.24, 2.45) is 0 Å². The number of aryl methyl sites for hydroxylation is 1. The summed E-state index contributed by atoms with van der Waals surface area (Å²) < 4.78 is 11.0. The van der Waals surface area contributed by atoms with Crippen molar-refractivity contribution in [2.45, 2.75) is 13.3 Å². The molecule has 3 heterocycles. The molecule has 0 N–H and O–H groups in total. The highest BCUT2D eigenvalue weighted by atomic mass is 16.3. The fraction of sp³-hybridized carbons (Fsp3) is 0.0455. The quantitative estimate of drug-likeness (QED) is 0.196. The van der Waals surface area contributed by atoms with Crippen LogP contribution >= 0.6 is 0 Å². The maximum atomic E-state index is 6.17. The first kappa shape index (κ1) is 26.2. The zero-order valence-electron chi connectivity index (χ0n) is 25.9. The van der Waals surface area contributed by atoms with E-state index in [2.05, 4.69) is 156 Å². The number of nitrogens with zero attached hydrogens (tertiary/aromatic N) is 2. The number of rotatable bonds is 4. The third-order valence-electron chi connectivity index (χ3n) is 9.76. The van der Waals surface area contributed by atoms with E-state index in [1.807, 2.05) is 12.1 Å². The summed E-state index contributed by atoms with van der Waals surface area (Å²) in [6.07, 6.45) is 0.850. The second kappa shape index (κ2) is 9.97. The Morgan fingerprint density at radius 2 is 1.04 bits per heavy atom. The van der Waals surface area contributed by atoms with Gasteiger partial charge in [0.05, 0.1) is 22.1 Å². The van der Waals surface area contributed by atoms with Gasteiger partial charge in [0.1, 0.15) is 11.2 Å². The molecule has 3 nitrogen and oxygen atoms in total. The van der Waals surface area contributed by atoms with Crippen molar-refractivity contribution in [1.29, 1.82) is 0 Å². The van der Waals surface area contributed by atoms with Crippen molar-refractivity contribution in [3.63, 3.8) is 0 Å². The average molecular weight is 603 g/mol. The Morgan fingerprint density at radius 3 is 1.94 bits per heavy atom. The van der Waals surface area contributed by atoms with Gasteiger partial charge in [0.25, 0.3) is 0 Å². The molecule has 0 radical (unpaired) electrons. The fourth-order valence-corrected chi connectivity index (χ4v) is 7.64. The lowest BCUT2D eigenvalue weighted by molar-refractivity contribution is 0.669. The molecule has 10 rings (SSSR count). The Labute approximate surface area is 271 Å². The summed E-state index contributed by atoms with van der Waals surface area (Å²) in [4.78, 5) is 0. The van der Waals surface area contributed by atoms with Crippen LogP contribution in [0.25, 0.3) is 76.9 Å². The molecule has 0 bridgehead atoms. The lowest BCUT2D eigenvalue weighted by Gasteiger charge is -2.10. The molecule has 0 aliphatic carbocycles. The number of hydrogen-bond donors (Lipinski definition) is 0. The van der Waals surface area contributed by atoms with Crippen molar-refractivity contribution < 1.29 is 4.42 Å². The monoisotopic (exact) mass is 602 g/mol. The lowest BCUT2D eigenvalue weighted by atomic mass is 10.0. The van der Waals surface area contributed by atoms with Gasteiger partial charge in [-0.05, 0) is 97.3 Å². The second-order valence-electron chi connectivity index (χ2n) is 12.7. The highest BCUT2D eigenvalue weighted by molar-refractivity contribution is 6.11. The first-order valence-electron chi connectivity index (χ1n) is 16.2. The maximum Gasteiger partial charge on any atom is 0.135 e. The van der Waals surface area contributed by atoms with Crippen LogP contribution in [0.5, 0.6) is 0 Å². The van der Waals surface area contributed by atoms with Crippen molar-refractivity contribution in [1.82, 2.24) is 9.13 Å². The normalized spacial score (nSPS) is 12.0. The Kier molecular flexibility index (Phi) is 5.55. The van der Waals surface area contributed by atoms with Gasteiger partial charge in [0.2, 0.25) is 0 Å². The molecule has 0 unspecified atom stereocenters. The molecule has 47 heavy (non-hydrogen) atoms. The summed E-state index contributed by atoms with van der Waals surface area (Å²) in [6.45, 7) is 2.17. The molecule has 0 atom stereocenters. The van der Waals surface area contributed by atoms with Gasteiger partial charge in [-0.3, -0.25) is 0 Å². The largest absolute Gasteiger partial charge is 0.456 e. The molecule has 0 aliphatic heterocycles. The minimum absolute atomic E-state index is 0.850. The van der Waals surface area contributed by atoms with Gasteiger partial charge < -0.3 is 13.6 Å². The number of benzene rings is 7. The van der Waals surface area contributed by atoms with Crippen molar-refractivity contribution in [2.75, 3.05) is 0 Å². The summed E-state index contributed by atoms with van der Waals surface area (Å²) in [6, 6.07) is 55.0. The molecule has 3 heteroatoms. The van der Waals surface area contributed by atoms with E-state index in [-0.39, 0.29) is 0 Å². The molecule has 0 saturated heterocycles. The number of aromatic nitrogens is 2. The van der Waals surface area contributed by atoms with E-state index in [0.717, 1.165) is 34.0 Å². The third-order valence-corrected chi connectivity index (χ3v) is 9.76. The molecule has 0 amide bonds. The standard InChI is InChI=1S/C44H30N2O/c1-28-15-20-40-36(23-28)34-19-16-30(26-42(34)46(40)32-18-22-44-38(27-32)35-12-6-8-14-43(35)47-44)24-29-17-21-41-37(25-29)33-11-5-7-13-39(33)45(41)31-9-3-2-4-10-31/h2-23,25-27H,24H2,1H3. The molecule has 0 fully saturated rings. The third kappa shape index (κ3) is 4.00. The van der Waals surface area contributed by atoms with Crippen molar-refractivity contribution in [3.8, 4) is 11.4 Å². The maximum absolute atomic E-state index is 6.17. The van der Waals surface area contributed by atoms with Gasteiger partial charge in [0.15, 0.2) is 0 Å². The van der Waals surface area contributed by atoms with Crippen molar-refractivity contribution >= 4 is 65.6 Å². The van der Waals surface area contributed by atoms with Crippen LogP contribution in [0.15, 0.2) is 156 Å². The topological polar surface area (TPSA) is 23.0 Å². The van der Waals surface area contributed by atoms with Crippen LogP contribution < -0.4 is 0 Å². The summed E-state index contributed by atoms with van der Waals surface area (Å²) in [7, 11) is 0. The zero-order valence-corrected chi connectivity index (χ0v) is 25.9. The van der Waals surface area contributed by atoms with E-state index in [1.165, 1.54) is 66.0 Å². The first-order valence-corrected chi connectivity index (χ1v) is 16.2. The molecule has 0 aliphatic rings. The zero-order chi connectivity index (χ0) is 31.1. The molecule has 3 aromatic heterocycles. The Morgan fingerprint density at radius 1 is 0.404 bits per heavy atom. The van der Waals surface area contributed by atoms with Crippen molar-refractivity contribution in [3.05, 3.63) is 168 Å². The SMILES string of the molecule is Cc1ccc2c(c1)c1ccc(Cc3ccc4c(c3)c3ccccc3n4-c3ccccc3)cc1n2-c1ccc2oc3ccccc3c2c1. The summed E-state index contributed by atoms with van der Waals surface area (Å²) in [5.74, 6) is 0. The molecule has 222 valence electrons. The van der Waals surface area contributed by atoms with Gasteiger partial charge in [-0.25, -0.2) is 0 Å². The van der Waals surface area contributed by atoms with Gasteiger partial charge in [0, 0.05) is 43.7 Å². The van der Waals surface area contributed by atoms with E-state index in [0.29, 0.717) is 0 Å². The number of fused-ring (bicyclic) bond motifs is 9. The minimum Gasteiger partial charge on any atom is -0.456 e. The van der Waals surface area contributed by atoms with Crippen LogP contribution in [0.2, 0.25) is 0 Å². The fourth-order valence-electron chi connectivity index (χ4n) is 7.64. The highest BCUT2D eigenvalue weighted by Gasteiger charge is 2.17. The summed E-state index contributed by atoms with van der Waals surface area (Å²) >= 11 is 0. The van der Waals surface area contributed by atoms with Gasteiger partial charge >= 0.3 is 0 Å². The average Bonchev–Trinajstić information content (AvgIpc) is 3.75. The predicted octanol–water partition coefficient (Wildman–Crippen LogP) is 11.7. The predicted molar refractivity (Wildman–Crippen MR) is 196 cm³/mol. The van der Waals surface area contributed by atoms with Gasteiger partial charge in [-0.15, -0.1) is 0 Å². The van der Waals surface area contributed by atoms with Gasteiger partial charge in [-0.2, -0.15) is 0 Å². The first-order chi connectivity index (χ1) is 23.2. The van der Waals surface area contributed by atoms with Crippen LogP contribution in [0, 0.1) is 6.92 Å². The van der Waals surface area contributed by atoms with E-state index in [1.54, 1.807) is 0 Å². The lowest BCUT2D eigenvalue weighted by Crippen LogP contribution is -1.95. The van der Waals surface area contributed by atoms with E-state index < -0.39 is 0 Å². The van der Waals surface area contributed by atoms with Crippen LogP contribution in [0.3, 0.4) is 0 Å². The number of hydrogen-bond acceptors (Lipinski definition) is 1. The van der Waals surface area contributed by atoms with Crippen LogP contribution in [-0.2, 0) is 6.42 Å². The molecular weight excluding hydrogens is 572 g/mol. The van der Waals surface area contributed by atoms with Crippen LogP contribution in [-0.4, -0.2) is 9.13 Å². The summed E-state index contributed by atoms with van der Waals surface area (Å²) in [5.41, 5.74) is 12.9. The smallest absolute Gasteiger partial charge is 0.135 e. The Balaban J connectivity index is 1.13. The van der Waals surface area contributed by atoms with Crippen LogP contribution in [0.1, 0.15) is 16.7 Å². The van der Waals surface area contributed by atoms with E-state index in [9.17, 15) is 0 Å². The molecular formula is C44H30N2O. The number of para-hydroxylation sites is 3. The van der Waals surface area contributed by atoms with Crippen LogP contribution in [0.4, 0.5) is 0 Å². The second-order valence-corrected chi connectivity index (χ2v) is 12.7. The minimum atomic E-state index is 0.850. The Bertz CT molecular complexity index is 2830. The number of furan rings is 1. The molecule has 7 aromatic carbocycles. The summed E-state index contributed by atoms with van der Waals surface area (Å²) in [5, 5.41) is 7.39. The van der Waals surface area contributed by atoms with Gasteiger partial charge in [-0.1, -0.05) is 84.4 Å². The Hall–Kier alpha value is -6.06. The van der Waals surface area contributed by atoms with E-state index >= 15 is 0 Å². The molecule has 10 aromatic rings. The molecule has 0 spiro atoms. The molecule has 0 saturated carbocycles. The highest BCUT2D eigenvalue weighted by Crippen LogP contribution is 2.37.